The van der Waals surface area contributed by atoms with Crippen LogP contribution in [0.4, 0.5) is 0 Å². The zero-order valence-corrected chi connectivity index (χ0v) is 6.66. The maximum atomic E-state index is 3.50. The number of hydrogen-bond donors (Lipinski definition) is 0. The van der Waals surface area contributed by atoms with Crippen molar-refractivity contribution < 1.29 is 0 Å². The molecule has 0 aliphatic rings. The van der Waals surface area contributed by atoms with Crippen molar-refractivity contribution in [3.05, 3.63) is 40.8 Å². The molecule has 0 N–H and O–H groups in total. The number of rotatable bonds is 3. The van der Waals surface area contributed by atoms with Crippen molar-refractivity contribution in [2.24, 2.45) is 0 Å². The number of allylic oxidation sites excluding steroid dienone is 1. The molecule has 1 rings (SSSR count). The van der Waals surface area contributed by atoms with Gasteiger partial charge in [0.05, 0.1) is 0 Å². The van der Waals surface area contributed by atoms with Gasteiger partial charge in [-0.05, 0) is 41.3 Å². The van der Waals surface area contributed by atoms with E-state index in [1.54, 1.807) is 11.3 Å². The van der Waals surface area contributed by atoms with Gasteiger partial charge in [-0.15, -0.1) is 5.73 Å². The van der Waals surface area contributed by atoms with Crippen LogP contribution in [0.1, 0.15) is 12.0 Å². The van der Waals surface area contributed by atoms with Crippen LogP contribution < -0.4 is 0 Å². The van der Waals surface area contributed by atoms with Crippen molar-refractivity contribution in [1.82, 2.24) is 0 Å². The minimum Gasteiger partial charge on any atom is -0.152 e. The van der Waals surface area contributed by atoms with E-state index in [-0.39, 0.29) is 0 Å². The van der Waals surface area contributed by atoms with Crippen LogP contribution >= 0.6 is 11.3 Å². The van der Waals surface area contributed by atoms with Gasteiger partial charge >= 0.3 is 0 Å². The fourth-order valence-electron chi connectivity index (χ4n) is 0.776. The van der Waals surface area contributed by atoms with E-state index in [0.29, 0.717) is 0 Å². The third kappa shape index (κ3) is 2.22. The van der Waals surface area contributed by atoms with Gasteiger partial charge in [0.2, 0.25) is 0 Å². The summed E-state index contributed by atoms with van der Waals surface area (Å²) in [4.78, 5) is 0. The van der Waals surface area contributed by atoms with Crippen LogP contribution in [0, 0.1) is 0 Å². The maximum absolute atomic E-state index is 3.50. The Morgan fingerprint density at radius 3 is 3.20 bits per heavy atom. The van der Waals surface area contributed by atoms with Crippen molar-refractivity contribution in [2.45, 2.75) is 12.8 Å². The molecule has 1 heteroatoms. The molecule has 0 atom stereocenters. The Morgan fingerprint density at radius 2 is 2.60 bits per heavy atom. The Balaban J connectivity index is 2.34. The van der Waals surface area contributed by atoms with Crippen LogP contribution in [-0.4, -0.2) is 0 Å². The number of hydrogen-bond acceptors (Lipinski definition) is 1. The molecule has 0 aromatic carbocycles. The molecule has 1 aromatic rings. The molecular weight excluding hydrogens is 140 g/mol. The smallest absolute Gasteiger partial charge is 0.00611 e. The molecule has 52 valence electrons. The molecule has 0 saturated carbocycles. The highest BCUT2D eigenvalue weighted by Crippen LogP contribution is 2.07. The van der Waals surface area contributed by atoms with Crippen LogP contribution in [0.5, 0.6) is 0 Å². The SMILES string of the molecule is C=C=CCCc1ccsc1. The van der Waals surface area contributed by atoms with Crippen LogP contribution in [0.2, 0.25) is 0 Å². The van der Waals surface area contributed by atoms with Gasteiger partial charge in [-0.3, -0.25) is 0 Å². The Morgan fingerprint density at radius 1 is 1.70 bits per heavy atom. The molecule has 0 amide bonds. The molecule has 0 bridgehead atoms. The molecule has 0 radical (unpaired) electrons. The van der Waals surface area contributed by atoms with E-state index in [0.717, 1.165) is 12.8 Å². The van der Waals surface area contributed by atoms with E-state index < -0.39 is 0 Å². The summed E-state index contributed by atoms with van der Waals surface area (Å²) in [6, 6.07) is 2.15. The van der Waals surface area contributed by atoms with Crippen LogP contribution in [-0.2, 0) is 6.42 Å². The topological polar surface area (TPSA) is 0 Å². The molecule has 0 fully saturated rings. The summed E-state index contributed by atoms with van der Waals surface area (Å²) in [7, 11) is 0. The second kappa shape index (κ2) is 4.10. The first-order valence-electron chi connectivity index (χ1n) is 3.29. The third-order valence-corrected chi connectivity index (χ3v) is 2.03. The first-order chi connectivity index (χ1) is 4.93. The van der Waals surface area contributed by atoms with Gasteiger partial charge in [0.25, 0.3) is 0 Å². The Kier molecular flexibility index (Phi) is 3.01. The van der Waals surface area contributed by atoms with E-state index in [1.165, 1.54) is 5.56 Å². The lowest BCUT2D eigenvalue weighted by Gasteiger charge is -1.87. The number of thiophene rings is 1. The minimum atomic E-state index is 1.06. The quantitative estimate of drug-likeness (QED) is 0.581. The van der Waals surface area contributed by atoms with Gasteiger partial charge in [0.15, 0.2) is 0 Å². The minimum absolute atomic E-state index is 1.06. The average molecular weight is 150 g/mol. The first kappa shape index (κ1) is 7.33. The van der Waals surface area contributed by atoms with E-state index in [1.807, 2.05) is 6.08 Å². The predicted molar refractivity (Wildman–Crippen MR) is 46.4 cm³/mol. The van der Waals surface area contributed by atoms with E-state index in [9.17, 15) is 0 Å². The lowest BCUT2D eigenvalue weighted by atomic mass is 10.2. The van der Waals surface area contributed by atoms with Gasteiger partial charge in [-0.25, -0.2) is 0 Å². The fraction of sp³-hybridized carbons (Fsp3) is 0.222. The second-order valence-electron chi connectivity index (χ2n) is 2.08. The van der Waals surface area contributed by atoms with Gasteiger partial charge < -0.3 is 0 Å². The summed E-state index contributed by atoms with van der Waals surface area (Å²) in [6.45, 7) is 3.50. The Labute approximate surface area is 65.5 Å². The Hall–Kier alpha value is -0.780. The van der Waals surface area contributed by atoms with Crippen molar-refractivity contribution in [2.75, 3.05) is 0 Å². The average Bonchev–Trinajstić information content (AvgIpc) is 2.41. The van der Waals surface area contributed by atoms with Crippen molar-refractivity contribution in [3.63, 3.8) is 0 Å². The van der Waals surface area contributed by atoms with Crippen molar-refractivity contribution in [1.29, 1.82) is 0 Å². The maximum Gasteiger partial charge on any atom is -0.00611 e. The van der Waals surface area contributed by atoms with Gasteiger partial charge in [0.1, 0.15) is 0 Å². The second-order valence-corrected chi connectivity index (χ2v) is 2.86. The molecule has 0 unspecified atom stereocenters. The van der Waals surface area contributed by atoms with Crippen LogP contribution in [0.3, 0.4) is 0 Å². The molecule has 0 aliphatic carbocycles. The fourth-order valence-corrected chi connectivity index (χ4v) is 1.48. The monoisotopic (exact) mass is 150 g/mol. The summed E-state index contributed by atoms with van der Waals surface area (Å²) in [5.74, 6) is 0. The van der Waals surface area contributed by atoms with Gasteiger partial charge in [-0.1, -0.05) is 6.58 Å². The van der Waals surface area contributed by atoms with E-state index >= 15 is 0 Å². The van der Waals surface area contributed by atoms with Crippen molar-refractivity contribution in [3.8, 4) is 0 Å². The highest BCUT2D eigenvalue weighted by atomic mass is 32.1. The zero-order valence-electron chi connectivity index (χ0n) is 5.84. The lowest BCUT2D eigenvalue weighted by molar-refractivity contribution is 1.01. The summed E-state index contributed by atoms with van der Waals surface area (Å²) in [6.07, 6.45) is 4.14. The van der Waals surface area contributed by atoms with E-state index in [2.05, 4.69) is 29.1 Å². The molecule has 10 heavy (non-hydrogen) atoms. The lowest BCUT2D eigenvalue weighted by Crippen LogP contribution is -1.75. The van der Waals surface area contributed by atoms with Crippen LogP contribution in [0.25, 0.3) is 0 Å². The summed E-state index contributed by atoms with van der Waals surface area (Å²) >= 11 is 1.75. The molecule has 0 saturated heterocycles. The van der Waals surface area contributed by atoms with Gasteiger partial charge in [0, 0.05) is 0 Å². The Bertz CT molecular complexity index is 215. The predicted octanol–water partition coefficient (Wildman–Crippen LogP) is 3.02. The van der Waals surface area contributed by atoms with Crippen LogP contribution in [0.15, 0.2) is 35.2 Å². The highest BCUT2D eigenvalue weighted by Gasteiger charge is 1.88. The largest absolute Gasteiger partial charge is 0.152 e. The van der Waals surface area contributed by atoms with Crippen molar-refractivity contribution >= 4 is 11.3 Å². The normalized spacial score (nSPS) is 8.80. The molecule has 1 aromatic heterocycles. The number of aryl methyl sites for hydroxylation is 1. The molecule has 0 nitrogen and oxygen atoms in total. The van der Waals surface area contributed by atoms with E-state index in [4.69, 9.17) is 0 Å². The summed E-state index contributed by atoms with van der Waals surface area (Å²) < 4.78 is 0. The highest BCUT2D eigenvalue weighted by molar-refractivity contribution is 7.07. The van der Waals surface area contributed by atoms with Gasteiger partial charge in [-0.2, -0.15) is 11.3 Å². The zero-order chi connectivity index (χ0) is 7.23. The molecule has 0 spiro atoms. The standard InChI is InChI=1S/C9H10S/c1-2-3-4-5-9-6-7-10-8-9/h3,6-8H,1,4-5H2. The molecule has 1 heterocycles. The molecule has 0 aliphatic heterocycles. The summed E-state index contributed by atoms with van der Waals surface area (Å²) in [5.41, 5.74) is 4.17. The first-order valence-corrected chi connectivity index (χ1v) is 4.23. The third-order valence-electron chi connectivity index (χ3n) is 1.30. The molecular formula is C9H10S. The summed E-state index contributed by atoms with van der Waals surface area (Å²) in [5, 5.41) is 4.28.